The van der Waals surface area contributed by atoms with Gasteiger partial charge in [0.05, 0.1) is 16.9 Å². The van der Waals surface area contributed by atoms with Crippen LogP contribution in [0.3, 0.4) is 0 Å². The van der Waals surface area contributed by atoms with E-state index in [1.54, 1.807) is 12.3 Å². The van der Waals surface area contributed by atoms with Crippen molar-refractivity contribution in [1.82, 2.24) is 14.9 Å². The van der Waals surface area contributed by atoms with Crippen molar-refractivity contribution in [3.8, 4) is 0 Å². The predicted octanol–water partition coefficient (Wildman–Crippen LogP) is 5.24. The molecule has 2 aromatic heterocycles. The third-order valence-corrected chi connectivity index (χ3v) is 5.34. The molecule has 1 saturated heterocycles. The second-order valence-corrected chi connectivity index (χ2v) is 7.47. The average molecular weight is 466 g/mol. The average Bonchev–Trinajstić information content (AvgIpc) is 3.18. The maximum atomic E-state index is 13.5. The number of carbonyl (C=O) groups is 1. The minimum absolute atomic E-state index is 0. The summed E-state index contributed by atoms with van der Waals surface area (Å²) >= 11 is 3.38. The first-order chi connectivity index (χ1) is 13.0. The van der Waals surface area contributed by atoms with E-state index >= 15 is 0 Å². The molecule has 1 amide bonds. The van der Waals surface area contributed by atoms with Crippen LogP contribution in [0, 0.1) is 12.7 Å². The number of nitrogens with zero attached hydrogens (tertiary/aromatic N) is 3. The van der Waals surface area contributed by atoms with Gasteiger partial charge in [-0.2, -0.15) is 0 Å². The lowest BCUT2D eigenvalue weighted by Crippen LogP contribution is -2.28. The number of amides is 1. The summed E-state index contributed by atoms with van der Waals surface area (Å²) < 4.78 is 14.0. The maximum Gasteiger partial charge on any atom is 0.257 e. The van der Waals surface area contributed by atoms with Gasteiger partial charge in [-0.3, -0.25) is 4.79 Å². The SMILES string of the molecule is Cc1ccc2c(Nc3ccc(F)cc3Br)c(C(=O)N3CCCC3)cnc2n1.Cl. The predicted molar refractivity (Wildman–Crippen MR) is 114 cm³/mol. The summed E-state index contributed by atoms with van der Waals surface area (Å²) in [6, 6.07) is 8.19. The number of halogens is 3. The number of aryl methyl sites for hydroxylation is 1. The molecule has 28 heavy (non-hydrogen) atoms. The van der Waals surface area contributed by atoms with Crippen LogP contribution in [0.4, 0.5) is 15.8 Å². The summed E-state index contributed by atoms with van der Waals surface area (Å²) in [4.78, 5) is 23.8. The molecule has 0 saturated carbocycles. The lowest BCUT2D eigenvalue weighted by atomic mass is 10.1. The van der Waals surface area contributed by atoms with Crippen molar-refractivity contribution < 1.29 is 9.18 Å². The number of hydrogen-bond acceptors (Lipinski definition) is 4. The summed E-state index contributed by atoms with van der Waals surface area (Å²) in [6.45, 7) is 3.40. The fourth-order valence-corrected chi connectivity index (χ4v) is 3.73. The number of pyridine rings is 2. The number of likely N-dealkylation sites (tertiary alicyclic amines) is 1. The van der Waals surface area contributed by atoms with Crippen molar-refractivity contribution >= 4 is 56.7 Å². The molecule has 0 radical (unpaired) electrons. The summed E-state index contributed by atoms with van der Waals surface area (Å²) in [6.07, 6.45) is 3.61. The Kier molecular flexibility index (Phi) is 6.15. The number of rotatable bonds is 3. The topological polar surface area (TPSA) is 58.1 Å². The zero-order valence-electron chi connectivity index (χ0n) is 15.2. The molecular weight excluding hydrogens is 447 g/mol. The van der Waals surface area contributed by atoms with Gasteiger partial charge in [0.25, 0.3) is 5.91 Å². The Labute approximate surface area is 176 Å². The van der Waals surface area contributed by atoms with Crippen molar-refractivity contribution in [3.05, 3.63) is 58.1 Å². The summed E-state index contributed by atoms with van der Waals surface area (Å²) in [5, 5.41) is 4.05. The molecule has 146 valence electrons. The van der Waals surface area contributed by atoms with E-state index in [0.717, 1.165) is 37.0 Å². The van der Waals surface area contributed by atoms with Gasteiger partial charge in [-0.1, -0.05) is 0 Å². The summed E-state index contributed by atoms with van der Waals surface area (Å²) in [5.74, 6) is -0.388. The smallest absolute Gasteiger partial charge is 0.257 e. The maximum absolute atomic E-state index is 13.5. The van der Waals surface area contributed by atoms with Gasteiger partial charge in [-0.05, 0) is 66.0 Å². The normalized spacial score (nSPS) is 13.5. The molecule has 0 atom stereocenters. The molecule has 5 nitrogen and oxygen atoms in total. The largest absolute Gasteiger partial charge is 0.353 e. The van der Waals surface area contributed by atoms with E-state index < -0.39 is 0 Å². The minimum atomic E-state index is -0.335. The van der Waals surface area contributed by atoms with Gasteiger partial charge >= 0.3 is 0 Å². The highest BCUT2D eigenvalue weighted by Crippen LogP contribution is 2.33. The molecule has 4 rings (SSSR count). The Hall–Kier alpha value is -2.25. The van der Waals surface area contributed by atoms with Crippen LogP contribution in [0.5, 0.6) is 0 Å². The van der Waals surface area contributed by atoms with Crippen molar-refractivity contribution in [3.63, 3.8) is 0 Å². The van der Waals surface area contributed by atoms with Crippen LogP contribution in [0.15, 0.2) is 41.0 Å². The molecule has 0 bridgehead atoms. The van der Waals surface area contributed by atoms with Gasteiger partial charge in [0, 0.05) is 34.8 Å². The fraction of sp³-hybridized carbons (Fsp3) is 0.250. The van der Waals surface area contributed by atoms with Gasteiger partial charge in [0.2, 0.25) is 0 Å². The van der Waals surface area contributed by atoms with Crippen LogP contribution in [-0.4, -0.2) is 33.9 Å². The number of benzene rings is 1. The molecule has 3 heterocycles. The van der Waals surface area contributed by atoms with Crippen LogP contribution in [-0.2, 0) is 0 Å². The first kappa shape index (κ1) is 20.5. The molecule has 1 N–H and O–H groups in total. The molecule has 1 aliphatic heterocycles. The third-order valence-electron chi connectivity index (χ3n) is 4.68. The fourth-order valence-electron chi connectivity index (χ4n) is 3.28. The monoisotopic (exact) mass is 464 g/mol. The number of aromatic nitrogens is 2. The molecule has 0 unspecified atom stereocenters. The zero-order chi connectivity index (χ0) is 19.0. The third kappa shape index (κ3) is 3.95. The summed E-state index contributed by atoms with van der Waals surface area (Å²) in [7, 11) is 0. The van der Waals surface area contributed by atoms with Crippen LogP contribution >= 0.6 is 28.3 Å². The Morgan fingerprint density at radius 2 is 1.96 bits per heavy atom. The van der Waals surface area contributed by atoms with Gasteiger partial charge in [-0.15, -0.1) is 12.4 Å². The Morgan fingerprint density at radius 1 is 1.21 bits per heavy atom. The quantitative estimate of drug-likeness (QED) is 0.574. The van der Waals surface area contributed by atoms with Crippen molar-refractivity contribution in [1.29, 1.82) is 0 Å². The van der Waals surface area contributed by atoms with Gasteiger partial charge < -0.3 is 10.2 Å². The first-order valence-electron chi connectivity index (χ1n) is 8.80. The lowest BCUT2D eigenvalue weighted by molar-refractivity contribution is 0.0793. The van der Waals surface area contributed by atoms with E-state index in [2.05, 4.69) is 31.2 Å². The van der Waals surface area contributed by atoms with Gasteiger partial charge in [0.15, 0.2) is 5.65 Å². The summed E-state index contributed by atoms with van der Waals surface area (Å²) in [5.41, 5.74) is 3.21. The highest BCUT2D eigenvalue weighted by molar-refractivity contribution is 9.10. The van der Waals surface area contributed by atoms with Crippen LogP contribution in [0.2, 0.25) is 0 Å². The van der Waals surface area contributed by atoms with Crippen LogP contribution < -0.4 is 5.32 Å². The molecule has 1 fully saturated rings. The van der Waals surface area contributed by atoms with E-state index in [9.17, 15) is 9.18 Å². The molecule has 1 aliphatic rings. The Balaban J connectivity index is 0.00000225. The first-order valence-corrected chi connectivity index (χ1v) is 9.60. The zero-order valence-corrected chi connectivity index (χ0v) is 17.6. The molecule has 0 spiro atoms. The van der Waals surface area contributed by atoms with E-state index in [1.807, 2.05) is 24.0 Å². The van der Waals surface area contributed by atoms with E-state index in [0.29, 0.717) is 27.1 Å². The van der Waals surface area contributed by atoms with Crippen molar-refractivity contribution in [2.75, 3.05) is 18.4 Å². The Bertz CT molecular complexity index is 1040. The Morgan fingerprint density at radius 3 is 2.68 bits per heavy atom. The van der Waals surface area contributed by atoms with Crippen LogP contribution in [0.1, 0.15) is 28.9 Å². The molecular formula is C20H19BrClFN4O. The second-order valence-electron chi connectivity index (χ2n) is 6.62. The second kappa shape index (κ2) is 8.41. The van der Waals surface area contributed by atoms with Gasteiger partial charge in [-0.25, -0.2) is 14.4 Å². The molecule has 0 aliphatic carbocycles. The lowest BCUT2D eigenvalue weighted by Gasteiger charge is -2.20. The number of hydrogen-bond donors (Lipinski definition) is 1. The number of fused-ring (bicyclic) bond motifs is 1. The molecule has 8 heteroatoms. The minimum Gasteiger partial charge on any atom is -0.353 e. The van der Waals surface area contributed by atoms with Crippen molar-refractivity contribution in [2.24, 2.45) is 0 Å². The molecule has 1 aromatic carbocycles. The highest BCUT2D eigenvalue weighted by atomic mass is 79.9. The van der Waals surface area contributed by atoms with E-state index in [4.69, 9.17) is 0 Å². The standard InChI is InChI=1S/C20H18BrFN4O.ClH/c1-12-4-6-14-18(25-17-7-5-13(22)10-16(17)21)15(11-23-19(14)24-12)20(27)26-8-2-3-9-26;/h4-7,10-11H,2-3,8-9H2,1H3,(H,23,24,25);1H. The number of anilines is 2. The highest BCUT2D eigenvalue weighted by Gasteiger charge is 2.24. The van der Waals surface area contributed by atoms with Crippen LogP contribution in [0.25, 0.3) is 11.0 Å². The number of carbonyl (C=O) groups excluding carboxylic acids is 1. The van der Waals surface area contributed by atoms with Crippen molar-refractivity contribution in [2.45, 2.75) is 19.8 Å². The number of nitrogens with one attached hydrogen (secondary N) is 1. The van der Waals surface area contributed by atoms with E-state index in [-0.39, 0.29) is 24.1 Å². The van der Waals surface area contributed by atoms with E-state index in [1.165, 1.54) is 12.1 Å². The molecule has 3 aromatic rings. The van der Waals surface area contributed by atoms with Gasteiger partial charge in [0.1, 0.15) is 5.82 Å².